The Kier molecular flexibility index (Phi) is 14.2. The Morgan fingerprint density at radius 1 is 1.05 bits per heavy atom. The molecule has 0 aliphatic heterocycles. The lowest BCUT2D eigenvalue weighted by Crippen LogP contribution is -2.40. The number of benzene rings is 1. The van der Waals surface area contributed by atoms with E-state index in [1.54, 1.807) is 14.2 Å². The maximum Gasteiger partial charge on any atom is 0.161 e. The number of ether oxygens (including phenoxy) is 3. The molecule has 1 fully saturated rings. The predicted octanol–water partition coefficient (Wildman–Crippen LogP) is 6.30. The first-order chi connectivity index (χ1) is 18.5. The van der Waals surface area contributed by atoms with Crippen LogP contribution in [0.3, 0.4) is 0 Å². The molecular formula is C32H54FNO5. The minimum Gasteiger partial charge on any atom is -0.493 e. The zero-order chi connectivity index (χ0) is 29.0. The fourth-order valence-corrected chi connectivity index (χ4v) is 5.75. The van der Waals surface area contributed by atoms with Gasteiger partial charge < -0.3 is 25.1 Å². The molecule has 0 aromatic heterocycles. The summed E-state index contributed by atoms with van der Waals surface area (Å²) in [7, 11) is 3.31. The molecule has 2 rings (SSSR count). The van der Waals surface area contributed by atoms with Crippen molar-refractivity contribution in [3.05, 3.63) is 23.8 Å². The first kappa shape index (κ1) is 33.5. The van der Waals surface area contributed by atoms with E-state index >= 15 is 0 Å². The number of rotatable bonds is 19. The maximum atomic E-state index is 14.8. The lowest BCUT2D eigenvalue weighted by Gasteiger charge is -2.30. The average molecular weight is 552 g/mol. The number of ketones is 1. The van der Waals surface area contributed by atoms with Crippen molar-refractivity contribution in [2.24, 2.45) is 29.4 Å². The standard InChI is InChI=1S/C32H54FNO5/c1-22(2)25(18-24-10-11-30(38-6)31(19-24)39-17-9-16-37-5)20-27(34)29(36)21-26(23(3)4)28(35)12-15-32(33)13-7-8-14-32/h10-11,19,22-23,25-27,29,36H,7-9,12-18,20-21,34H2,1-6H3/t25-,26-,27-,29-/m0/s1. The summed E-state index contributed by atoms with van der Waals surface area (Å²) >= 11 is 0. The van der Waals surface area contributed by atoms with E-state index in [4.69, 9.17) is 19.9 Å². The Hall–Kier alpha value is -1.70. The Balaban J connectivity index is 1.99. The summed E-state index contributed by atoms with van der Waals surface area (Å²) in [5.74, 6) is 1.81. The van der Waals surface area contributed by atoms with Gasteiger partial charge in [0.25, 0.3) is 0 Å². The van der Waals surface area contributed by atoms with Gasteiger partial charge in [0, 0.05) is 38.5 Å². The number of nitrogens with two attached hydrogens (primary N) is 1. The van der Waals surface area contributed by atoms with Crippen LogP contribution >= 0.6 is 0 Å². The molecule has 6 nitrogen and oxygen atoms in total. The monoisotopic (exact) mass is 551 g/mol. The van der Waals surface area contributed by atoms with Crippen molar-refractivity contribution in [3.63, 3.8) is 0 Å². The number of hydrogen-bond acceptors (Lipinski definition) is 6. The molecule has 0 radical (unpaired) electrons. The minimum absolute atomic E-state index is 0.0526. The fraction of sp³-hybridized carbons (Fsp3) is 0.781. The van der Waals surface area contributed by atoms with Crippen LogP contribution < -0.4 is 15.2 Å². The van der Waals surface area contributed by atoms with Crippen molar-refractivity contribution in [2.75, 3.05) is 27.4 Å². The van der Waals surface area contributed by atoms with Crippen molar-refractivity contribution >= 4 is 5.78 Å². The summed E-state index contributed by atoms with van der Waals surface area (Å²) < 4.78 is 31.4. The van der Waals surface area contributed by atoms with Crippen LogP contribution in [-0.4, -0.2) is 56.1 Å². The van der Waals surface area contributed by atoms with E-state index in [1.165, 1.54) is 0 Å². The molecule has 4 atom stereocenters. The lowest BCUT2D eigenvalue weighted by atomic mass is 9.79. The molecule has 1 aromatic rings. The molecule has 0 unspecified atom stereocenters. The third kappa shape index (κ3) is 11.0. The van der Waals surface area contributed by atoms with Gasteiger partial charge in [-0.15, -0.1) is 0 Å². The van der Waals surface area contributed by atoms with Crippen molar-refractivity contribution in [1.82, 2.24) is 0 Å². The van der Waals surface area contributed by atoms with Gasteiger partial charge in [-0.25, -0.2) is 4.39 Å². The second-order valence-corrected chi connectivity index (χ2v) is 12.3. The van der Waals surface area contributed by atoms with Crippen LogP contribution in [0.25, 0.3) is 0 Å². The molecule has 1 saturated carbocycles. The minimum atomic E-state index is -1.19. The highest BCUT2D eigenvalue weighted by Gasteiger charge is 2.36. The molecule has 0 spiro atoms. The summed E-state index contributed by atoms with van der Waals surface area (Å²) in [5.41, 5.74) is 6.48. The van der Waals surface area contributed by atoms with Gasteiger partial charge in [0.15, 0.2) is 11.5 Å². The normalized spacial score (nSPS) is 18.2. The van der Waals surface area contributed by atoms with Gasteiger partial charge in [0.1, 0.15) is 11.5 Å². The van der Waals surface area contributed by atoms with E-state index in [2.05, 4.69) is 13.8 Å². The SMILES string of the molecule is COCCCOc1cc(C[C@@H](C[C@H](N)[C@@H](O)C[C@H](C(=O)CCC2(F)CCCC2)C(C)C)C(C)C)ccc1OC. The van der Waals surface area contributed by atoms with Gasteiger partial charge in [-0.2, -0.15) is 0 Å². The van der Waals surface area contributed by atoms with Crippen LogP contribution in [0.2, 0.25) is 0 Å². The van der Waals surface area contributed by atoms with Crippen LogP contribution in [0, 0.1) is 23.7 Å². The van der Waals surface area contributed by atoms with Gasteiger partial charge >= 0.3 is 0 Å². The van der Waals surface area contributed by atoms with Crippen molar-refractivity contribution < 1.29 is 28.5 Å². The molecule has 1 aromatic carbocycles. The highest BCUT2D eigenvalue weighted by molar-refractivity contribution is 5.81. The molecular weight excluding hydrogens is 497 g/mol. The number of Topliss-reactive ketones (excluding diaryl/α,β-unsaturated/α-hetero) is 1. The molecule has 7 heteroatoms. The highest BCUT2D eigenvalue weighted by atomic mass is 19.1. The highest BCUT2D eigenvalue weighted by Crippen LogP contribution is 2.38. The zero-order valence-electron chi connectivity index (χ0n) is 25.2. The predicted molar refractivity (Wildman–Crippen MR) is 155 cm³/mol. The number of aliphatic hydroxyl groups excluding tert-OH is 1. The number of methoxy groups -OCH3 is 2. The van der Waals surface area contributed by atoms with Gasteiger partial charge in [-0.3, -0.25) is 4.79 Å². The van der Waals surface area contributed by atoms with E-state index in [1.807, 2.05) is 32.0 Å². The van der Waals surface area contributed by atoms with E-state index in [-0.39, 0.29) is 30.0 Å². The Labute approximate surface area is 236 Å². The van der Waals surface area contributed by atoms with Crippen LogP contribution in [0.5, 0.6) is 11.5 Å². The van der Waals surface area contributed by atoms with Crippen LogP contribution in [0.4, 0.5) is 4.39 Å². The maximum absolute atomic E-state index is 14.8. The average Bonchev–Trinajstić information content (AvgIpc) is 3.34. The Morgan fingerprint density at radius 3 is 2.33 bits per heavy atom. The van der Waals surface area contributed by atoms with Crippen LogP contribution in [0.15, 0.2) is 18.2 Å². The van der Waals surface area contributed by atoms with Crippen LogP contribution in [0.1, 0.15) is 91.0 Å². The van der Waals surface area contributed by atoms with Gasteiger partial charge in [-0.05, 0) is 74.0 Å². The van der Waals surface area contributed by atoms with E-state index in [0.29, 0.717) is 62.7 Å². The largest absolute Gasteiger partial charge is 0.493 e. The number of alkyl halides is 1. The summed E-state index contributed by atoms with van der Waals surface area (Å²) in [5, 5.41) is 11.1. The number of carbonyl (C=O) groups is 1. The number of aliphatic hydroxyl groups is 1. The number of carbonyl (C=O) groups excluding carboxylic acids is 1. The first-order valence-electron chi connectivity index (χ1n) is 14.9. The van der Waals surface area contributed by atoms with Gasteiger partial charge in [-0.1, -0.05) is 46.6 Å². The van der Waals surface area contributed by atoms with Crippen molar-refractivity contribution in [2.45, 2.75) is 110 Å². The molecule has 0 amide bonds. The molecule has 1 aliphatic rings. The Morgan fingerprint density at radius 2 is 1.74 bits per heavy atom. The Bertz CT molecular complexity index is 855. The summed E-state index contributed by atoms with van der Waals surface area (Å²) in [4.78, 5) is 13.1. The first-order valence-corrected chi connectivity index (χ1v) is 14.9. The molecule has 0 bridgehead atoms. The lowest BCUT2D eigenvalue weighted by molar-refractivity contribution is -0.126. The number of hydrogen-bond donors (Lipinski definition) is 2. The quantitative estimate of drug-likeness (QED) is 0.196. The summed E-state index contributed by atoms with van der Waals surface area (Å²) in [6.07, 6.45) is 5.23. The van der Waals surface area contributed by atoms with E-state index in [9.17, 15) is 14.3 Å². The van der Waals surface area contributed by atoms with Gasteiger partial charge in [0.05, 0.1) is 19.8 Å². The molecule has 224 valence electrons. The molecule has 3 N–H and O–H groups in total. The zero-order valence-corrected chi connectivity index (χ0v) is 25.2. The fourth-order valence-electron chi connectivity index (χ4n) is 5.75. The molecule has 0 heterocycles. The number of halogens is 1. The van der Waals surface area contributed by atoms with Crippen LogP contribution in [-0.2, 0) is 16.0 Å². The topological polar surface area (TPSA) is 91.0 Å². The summed E-state index contributed by atoms with van der Waals surface area (Å²) in [6, 6.07) is 5.56. The summed E-state index contributed by atoms with van der Waals surface area (Å²) in [6.45, 7) is 9.52. The molecule has 39 heavy (non-hydrogen) atoms. The van der Waals surface area contributed by atoms with Gasteiger partial charge in [0.2, 0.25) is 0 Å². The van der Waals surface area contributed by atoms with Crippen molar-refractivity contribution in [1.29, 1.82) is 0 Å². The smallest absolute Gasteiger partial charge is 0.161 e. The molecule has 0 saturated heterocycles. The third-order valence-electron chi connectivity index (χ3n) is 8.52. The molecule has 1 aliphatic carbocycles. The van der Waals surface area contributed by atoms with Crippen molar-refractivity contribution in [3.8, 4) is 11.5 Å². The second-order valence-electron chi connectivity index (χ2n) is 12.3. The third-order valence-corrected chi connectivity index (χ3v) is 8.52. The van der Waals surface area contributed by atoms with E-state index < -0.39 is 17.8 Å². The second kappa shape index (κ2) is 16.5. The van der Waals surface area contributed by atoms with E-state index in [0.717, 1.165) is 31.2 Å².